The molecule has 0 unspecified atom stereocenters. The first-order valence-electron chi connectivity index (χ1n) is 11.2. The molecule has 4 aromatic rings. The third-order valence-electron chi connectivity index (χ3n) is 5.81. The maximum Gasteiger partial charge on any atom is 0.321 e. The predicted octanol–water partition coefficient (Wildman–Crippen LogP) is 5.54. The van der Waals surface area contributed by atoms with Crippen LogP contribution in [-0.2, 0) is 13.1 Å². The van der Waals surface area contributed by atoms with Crippen molar-refractivity contribution in [3.63, 3.8) is 0 Å². The van der Waals surface area contributed by atoms with Gasteiger partial charge in [0.25, 0.3) is 0 Å². The summed E-state index contributed by atoms with van der Waals surface area (Å²) in [7, 11) is 0. The molecule has 1 aliphatic heterocycles. The standard InChI is InChI=1S/C27H23ClFN3O3/c28-22-3-1-4-23(29)25(22)26(33)19-7-10-24-20(15-19)17-32(13-14-34-24)16-18-5-8-21(9-6-18)35-27-30-11-2-12-31-27/h1-12,15,26,33H,13-14,16-17H2/t26-/m0/s1. The second kappa shape index (κ2) is 10.4. The van der Waals surface area contributed by atoms with Crippen molar-refractivity contribution in [2.75, 3.05) is 13.2 Å². The highest BCUT2D eigenvalue weighted by Gasteiger charge is 2.22. The van der Waals surface area contributed by atoms with Gasteiger partial charge < -0.3 is 14.6 Å². The van der Waals surface area contributed by atoms with Crippen molar-refractivity contribution in [1.29, 1.82) is 0 Å². The van der Waals surface area contributed by atoms with Gasteiger partial charge in [-0.25, -0.2) is 14.4 Å². The Hall–Kier alpha value is -3.52. The number of hydrogen-bond acceptors (Lipinski definition) is 6. The zero-order valence-corrected chi connectivity index (χ0v) is 19.5. The number of ether oxygens (including phenoxy) is 2. The summed E-state index contributed by atoms with van der Waals surface area (Å²) in [6.07, 6.45) is 2.09. The average molecular weight is 492 g/mol. The van der Waals surface area contributed by atoms with Crippen molar-refractivity contribution in [2.45, 2.75) is 19.2 Å². The molecule has 6 nitrogen and oxygen atoms in total. The Morgan fingerprint density at radius 3 is 2.63 bits per heavy atom. The van der Waals surface area contributed by atoms with Gasteiger partial charge in [-0.3, -0.25) is 4.90 Å². The minimum Gasteiger partial charge on any atom is -0.492 e. The third kappa shape index (κ3) is 5.43. The van der Waals surface area contributed by atoms with Crippen LogP contribution in [0.5, 0.6) is 17.5 Å². The fourth-order valence-corrected chi connectivity index (χ4v) is 4.34. The number of aliphatic hydroxyl groups excluding tert-OH is 1. The molecule has 0 amide bonds. The minimum atomic E-state index is -1.17. The minimum absolute atomic E-state index is 0.0729. The lowest BCUT2D eigenvalue weighted by atomic mass is 9.98. The Morgan fingerprint density at radius 1 is 1.06 bits per heavy atom. The molecular weight excluding hydrogens is 469 g/mol. The molecule has 1 atom stereocenters. The number of hydrogen-bond donors (Lipinski definition) is 1. The zero-order chi connectivity index (χ0) is 24.2. The topological polar surface area (TPSA) is 67.7 Å². The normalized spacial score (nSPS) is 14.5. The molecule has 0 saturated carbocycles. The first kappa shape index (κ1) is 23.2. The van der Waals surface area contributed by atoms with Crippen molar-refractivity contribution in [3.8, 4) is 17.5 Å². The summed E-state index contributed by atoms with van der Waals surface area (Å²) in [6, 6.07) is 19.6. The summed E-state index contributed by atoms with van der Waals surface area (Å²) in [4.78, 5) is 10.4. The molecular formula is C27H23ClFN3O3. The van der Waals surface area contributed by atoms with Crippen LogP contribution >= 0.6 is 11.6 Å². The Balaban J connectivity index is 1.30. The van der Waals surface area contributed by atoms with Crippen LogP contribution in [-0.4, -0.2) is 33.1 Å². The second-order valence-corrected chi connectivity index (χ2v) is 8.65. The second-order valence-electron chi connectivity index (χ2n) is 8.24. The summed E-state index contributed by atoms with van der Waals surface area (Å²) in [5.74, 6) is 0.883. The van der Waals surface area contributed by atoms with Crippen LogP contribution in [0.4, 0.5) is 4.39 Å². The van der Waals surface area contributed by atoms with Crippen molar-refractivity contribution in [3.05, 3.63) is 112 Å². The summed E-state index contributed by atoms with van der Waals surface area (Å²) >= 11 is 6.16. The van der Waals surface area contributed by atoms with Gasteiger partial charge in [-0.2, -0.15) is 0 Å². The lowest BCUT2D eigenvalue weighted by Gasteiger charge is -2.20. The molecule has 0 bridgehead atoms. The van der Waals surface area contributed by atoms with Crippen molar-refractivity contribution < 1.29 is 19.0 Å². The quantitative estimate of drug-likeness (QED) is 0.382. The van der Waals surface area contributed by atoms with Crippen LogP contribution in [0.3, 0.4) is 0 Å². The fourth-order valence-electron chi connectivity index (χ4n) is 4.08. The van der Waals surface area contributed by atoms with Crippen LogP contribution in [0.2, 0.25) is 5.02 Å². The van der Waals surface area contributed by atoms with E-state index in [1.54, 1.807) is 30.6 Å². The van der Waals surface area contributed by atoms with E-state index < -0.39 is 11.9 Å². The smallest absolute Gasteiger partial charge is 0.321 e. The van der Waals surface area contributed by atoms with E-state index in [0.717, 1.165) is 23.4 Å². The van der Waals surface area contributed by atoms with Crippen molar-refractivity contribution in [2.24, 2.45) is 0 Å². The van der Waals surface area contributed by atoms with Crippen molar-refractivity contribution >= 4 is 11.6 Å². The monoisotopic (exact) mass is 491 g/mol. The van der Waals surface area contributed by atoms with Crippen LogP contribution in [0.1, 0.15) is 28.4 Å². The van der Waals surface area contributed by atoms with E-state index in [9.17, 15) is 9.50 Å². The number of nitrogens with zero attached hydrogens (tertiary/aromatic N) is 3. The molecule has 1 aromatic heterocycles. The summed E-state index contributed by atoms with van der Waals surface area (Å²) in [6.45, 7) is 2.61. The molecule has 3 aromatic carbocycles. The maximum absolute atomic E-state index is 14.4. The van der Waals surface area contributed by atoms with Gasteiger partial charge >= 0.3 is 6.01 Å². The molecule has 1 N–H and O–H groups in total. The number of aliphatic hydroxyl groups is 1. The highest BCUT2D eigenvalue weighted by atomic mass is 35.5. The largest absolute Gasteiger partial charge is 0.492 e. The molecule has 35 heavy (non-hydrogen) atoms. The van der Waals surface area contributed by atoms with E-state index >= 15 is 0 Å². The van der Waals surface area contributed by atoms with E-state index in [0.29, 0.717) is 37.0 Å². The van der Waals surface area contributed by atoms with E-state index in [1.807, 2.05) is 36.4 Å². The van der Waals surface area contributed by atoms with Crippen molar-refractivity contribution in [1.82, 2.24) is 14.9 Å². The molecule has 0 aliphatic carbocycles. The Bertz CT molecular complexity index is 1280. The van der Waals surface area contributed by atoms with Gasteiger partial charge in [-0.1, -0.05) is 35.9 Å². The molecule has 0 radical (unpaired) electrons. The average Bonchev–Trinajstić information content (AvgIpc) is 3.07. The van der Waals surface area contributed by atoms with Gasteiger partial charge in [0.15, 0.2) is 0 Å². The lowest BCUT2D eigenvalue weighted by molar-refractivity contribution is 0.214. The summed E-state index contributed by atoms with van der Waals surface area (Å²) in [5, 5.41) is 11.0. The summed E-state index contributed by atoms with van der Waals surface area (Å²) in [5.41, 5.74) is 2.67. The zero-order valence-electron chi connectivity index (χ0n) is 18.8. The van der Waals surface area contributed by atoms with Crippen LogP contribution in [0.25, 0.3) is 0 Å². The van der Waals surface area contributed by atoms with E-state index in [2.05, 4.69) is 14.9 Å². The van der Waals surface area contributed by atoms with E-state index in [4.69, 9.17) is 21.1 Å². The highest BCUT2D eigenvalue weighted by Crippen LogP contribution is 2.34. The van der Waals surface area contributed by atoms with Gasteiger partial charge in [0, 0.05) is 48.2 Å². The highest BCUT2D eigenvalue weighted by molar-refractivity contribution is 6.31. The molecule has 1 aliphatic rings. The Morgan fingerprint density at radius 2 is 1.86 bits per heavy atom. The van der Waals surface area contributed by atoms with E-state index in [-0.39, 0.29) is 10.6 Å². The summed E-state index contributed by atoms with van der Waals surface area (Å²) < 4.78 is 25.9. The molecule has 2 heterocycles. The Labute approximate surface area is 207 Å². The molecule has 0 saturated heterocycles. The van der Waals surface area contributed by atoms with Gasteiger partial charge in [0.1, 0.15) is 30.0 Å². The lowest BCUT2D eigenvalue weighted by Crippen LogP contribution is -2.25. The SMILES string of the molecule is O[C@@H](c1ccc2c(c1)CN(Cc1ccc(Oc3ncccn3)cc1)CCO2)c1c(F)cccc1Cl. The Kier molecular flexibility index (Phi) is 6.90. The molecule has 5 rings (SSSR count). The van der Waals surface area contributed by atoms with Gasteiger partial charge in [0.05, 0.1) is 0 Å². The van der Waals surface area contributed by atoms with Gasteiger partial charge in [-0.15, -0.1) is 0 Å². The molecule has 8 heteroatoms. The van der Waals surface area contributed by atoms with Crippen LogP contribution in [0, 0.1) is 5.82 Å². The third-order valence-corrected chi connectivity index (χ3v) is 6.14. The number of aromatic nitrogens is 2. The van der Waals surface area contributed by atoms with E-state index in [1.165, 1.54) is 12.1 Å². The fraction of sp³-hybridized carbons (Fsp3) is 0.185. The van der Waals surface area contributed by atoms with Gasteiger partial charge in [0.2, 0.25) is 0 Å². The number of fused-ring (bicyclic) bond motifs is 1. The molecule has 0 fully saturated rings. The first-order chi connectivity index (χ1) is 17.1. The van der Waals surface area contributed by atoms with Crippen LogP contribution in [0.15, 0.2) is 79.1 Å². The first-order valence-corrected chi connectivity index (χ1v) is 11.6. The number of halogens is 2. The van der Waals surface area contributed by atoms with Gasteiger partial charge in [-0.05, 0) is 53.6 Å². The van der Waals surface area contributed by atoms with Crippen LogP contribution < -0.4 is 9.47 Å². The molecule has 0 spiro atoms. The number of benzene rings is 3. The molecule has 178 valence electrons. The maximum atomic E-state index is 14.4. The number of rotatable bonds is 6. The predicted molar refractivity (Wildman–Crippen MR) is 130 cm³/mol.